The van der Waals surface area contributed by atoms with Crippen molar-refractivity contribution in [2.75, 3.05) is 20.1 Å². The van der Waals surface area contributed by atoms with Crippen LogP contribution in [0, 0.1) is 0 Å². The van der Waals surface area contributed by atoms with Crippen molar-refractivity contribution in [1.29, 1.82) is 0 Å². The third-order valence-corrected chi connectivity index (χ3v) is 2.79. The highest BCUT2D eigenvalue weighted by atomic mass is 15.0. The van der Waals surface area contributed by atoms with Crippen LogP contribution in [0.25, 0.3) is 11.0 Å². The zero-order valence-corrected chi connectivity index (χ0v) is 9.75. The van der Waals surface area contributed by atoms with Crippen LogP contribution in [0.3, 0.4) is 0 Å². The number of fused-ring (bicyclic) bond motifs is 1. The first kappa shape index (κ1) is 11.1. The number of imidazole rings is 1. The average Bonchev–Trinajstić information content (AvgIpc) is 2.77. The SMILES string of the molecule is CCNCC(NC)c1ccc2nc[nH]c2c1. The van der Waals surface area contributed by atoms with Gasteiger partial charge in [-0.1, -0.05) is 13.0 Å². The number of aromatic nitrogens is 2. The van der Waals surface area contributed by atoms with Crippen molar-refractivity contribution >= 4 is 11.0 Å². The van der Waals surface area contributed by atoms with E-state index in [-0.39, 0.29) is 0 Å². The molecule has 0 amide bonds. The number of hydrogen-bond acceptors (Lipinski definition) is 3. The summed E-state index contributed by atoms with van der Waals surface area (Å²) in [7, 11) is 1.99. The smallest absolute Gasteiger partial charge is 0.0931 e. The Bertz CT molecular complexity index is 449. The molecule has 0 fully saturated rings. The average molecular weight is 218 g/mol. The first-order valence-corrected chi connectivity index (χ1v) is 5.66. The molecule has 0 spiro atoms. The van der Waals surface area contributed by atoms with Crippen LogP contribution in [0.15, 0.2) is 24.5 Å². The first-order chi connectivity index (χ1) is 7.85. The lowest BCUT2D eigenvalue weighted by Crippen LogP contribution is -2.29. The summed E-state index contributed by atoms with van der Waals surface area (Å²) in [6, 6.07) is 6.67. The molecule has 1 aromatic heterocycles. The van der Waals surface area contributed by atoms with E-state index in [2.05, 4.69) is 45.7 Å². The maximum Gasteiger partial charge on any atom is 0.0931 e. The van der Waals surface area contributed by atoms with Gasteiger partial charge in [-0.15, -0.1) is 0 Å². The van der Waals surface area contributed by atoms with E-state index in [1.807, 2.05) is 7.05 Å². The summed E-state index contributed by atoms with van der Waals surface area (Å²) in [5.74, 6) is 0. The van der Waals surface area contributed by atoms with Crippen molar-refractivity contribution in [3.8, 4) is 0 Å². The summed E-state index contributed by atoms with van der Waals surface area (Å²) >= 11 is 0. The highest BCUT2D eigenvalue weighted by molar-refractivity contribution is 5.75. The Morgan fingerprint density at radius 2 is 2.31 bits per heavy atom. The maximum absolute atomic E-state index is 4.22. The number of rotatable bonds is 5. The second-order valence-electron chi connectivity index (χ2n) is 3.83. The molecular formula is C12H18N4. The summed E-state index contributed by atoms with van der Waals surface area (Å²) < 4.78 is 0. The van der Waals surface area contributed by atoms with Gasteiger partial charge >= 0.3 is 0 Å². The molecule has 0 saturated heterocycles. The molecule has 0 aliphatic carbocycles. The van der Waals surface area contributed by atoms with E-state index in [0.717, 1.165) is 24.1 Å². The van der Waals surface area contributed by atoms with Gasteiger partial charge in [-0.25, -0.2) is 4.98 Å². The summed E-state index contributed by atoms with van der Waals surface area (Å²) in [5, 5.41) is 6.66. The second kappa shape index (κ2) is 5.09. The van der Waals surface area contributed by atoms with Crippen LogP contribution in [-0.4, -0.2) is 30.1 Å². The van der Waals surface area contributed by atoms with Gasteiger partial charge in [0.2, 0.25) is 0 Å². The molecule has 1 heterocycles. The lowest BCUT2D eigenvalue weighted by molar-refractivity contribution is 0.539. The zero-order valence-electron chi connectivity index (χ0n) is 9.75. The number of benzene rings is 1. The second-order valence-corrected chi connectivity index (χ2v) is 3.83. The molecular weight excluding hydrogens is 200 g/mol. The molecule has 0 aliphatic rings. The van der Waals surface area contributed by atoms with Gasteiger partial charge in [0.05, 0.1) is 17.4 Å². The minimum absolute atomic E-state index is 0.340. The number of nitrogens with zero attached hydrogens (tertiary/aromatic N) is 1. The van der Waals surface area contributed by atoms with Gasteiger partial charge in [-0.2, -0.15) is 0 Å². The predicted octanol–water partition coefficient (Wildman–Crippen LogP) is 1.43. The van der Waals surface area contributed by atoms with Gasteiger partial charge in [-0.05, 0) is 31.3 Å². The van der Waals surface area contributed by atoms with Crippen LogP contribution >= 0.6 is 0 Å². The molecule has 1 aromatic carbocycles. The van der Waals surface area contributed by atoms with E-state index >= 15 is 0 Å². The van der Waals surface area contributed by atoms with Crippen molar-refractivity contribution < 1.29 is 0 Å². The van der Waals surface area contributed by atoms with Crippen LogP contribution in [-0.2, 0) is 0 Å². The standard InChI is InChI=1S/C12H18N4/c1-3-14-7-12(13-2)9-4-5-10-11(6-9)16-8-15-10/h4-6,8,12-14H,3,7H2,1-2H3,(H,15,16). The highest BCUT2D eigenvalue weighted by Gasteiger charge is 2.09. The zero-order chi connectivity index (χ0) is 11.4. The molecule has 1 atom stereocenters. The quantitative estimate of drug-likeness (QED) is 0.711. The maximum atomic E-state index is 4.22. The van der Waals surface area contributed by atoms with Gasteiger partial charge in [0.25, 0.3) is 0 Å². The minimum Gasteiger partial charge on any atom is -0.345 e. The van der Waals surface area contributed by atoms with Crippen molar-refractivity contribution in [2.24, 2.45) is 0 Å². The van der Waals surface area contributed by atoms with Gasteiger partial charge in [0.1, 0.15) is 0 Å². The fourth-order valence-electron chi connectivity index (χ4n) is 1.85. The van der Waals surface area contributed by atoms with Crippen LogP contribution in [0.2, 0.25) is 0 Å². The Balaban J connectivity index is 2.22. The molecule has 4 heteroatoms. The van der Waals surface area contributed by atoms with E-state index in [1.165, 1.54) is 5.56 Å². The van der Waals surface area contributed by atoms with Crippen molar-refractivity contribution in [3.63, 3.8) is 0 Å². The molecule has 1 unspecified atom stereocenters. The Morgan fingerprint density at radius 3 is 3.06 bits per heavy atom. The lowest BCUT2D eigenvalue weighted by atomic mass is 10.1. The molecule has 3 N–H and O–H groups in total. The number of H-pyrrole nitrogens is 1. The third-order valence-electron chi connectivity index (χ3n) is 2.79. The van der Waals surface area contributed by atoms with E-state index in [0.29, 0.717) is 6.04 Å². The molecule has 2 aromatic rings. The van der Waals surface area contributed by atoms with Gasteiger partial charge in [0, 0.05) is 12.6 Å². The largest absolute Gasteiger partial charge is 0.345 e. The minimum atomic E-state index is 0.340. The lowest BCUT2D eigenvalue weighted by Gasteiger charge is -2.16. The molecule has 2 rings (SSSR count). The Labute approximate surface area is 95.5 Å². The number of likely N-dealkylation sites (N-methyl/N-ethyl adjacent to an activating group) is 2. The van der Waals surface area contributed by atoms with E-state index in [9.17, 15) is 0 Å². The highest BCUT2D eigenvalue weighted by Crippen LogP contribution is 2.17. The van der Waals surface area contributed by atoms with Crippen molar-refractivity contribution in [2.45, 2.75) is 13.0 Å². The van der Waals surface area contributed by atoms with Crippen LogP contribution in [0.5, 0.6) is 0 Å². The molecule has 16 heavy (non-hydrogen) atoms. The summed E-state index contributed by atoms with van der Waals surface area (Å²) in [6.45, 7) is 4.04. The predicted molar refractivity (Wildman–Crippen MR) is 66.4 cm³/mol. The summed E-state index contributed by atoms with van der Waals surface area (Å²) in [5.41, 5.74) is 3.39. The van der Waals surface area contributed by atoms with Crippen LogP contribution in [0.1, 0.15) is 18.5 Å². The Kier molecular flexibility index (Phi) is 3.54. The third kappa shape index (κ3) is 2.23. The van der Waals surface area contributed by atoms with Gasteiger partial charge in [-0.3, -0.25) is 0 Å². The number of aromatic amines is 1. The van der Waals surface area contributed by atoms with Crippen molar-refractivity contribution in [1.82, 2.24) is 20.6 Å². The molecule has 0 aliphatic heterocycles. The summed E-state index contributed by atoms with van der Waals surface area (Å²) in [4.78, 5) is 7.35. The molecule has 0 saturated carbocycles. The Hall–Kier alpha value is -1.39. The van der Waals surface area contributed by atoms with Crippen LogP contribution in [0.4, 0.5) is 0 Å². The fraction of sp³-hybridized carbons (Fsp3) is 0.417. The molecule has 0 radical (unpaired) electrons. The van der Waals surface area contributed by atoms with Crippen molar-refractivity contribution in [3.05, 3.63) is 30.1 Å². The van der Waals surface area contributed by atoms with Gasteiger partial charge < -0.3 is 15.6 Å². The monoisotopic (exact) mass is 218 g/mol. The van der Waals surface area contributed by atoms with Gasteiger partial charge in [0.15, 0.2) is 0 Å². The summed E-state index contributed by atoms with van der Waals surface area (Å²) in [6.07, 6.45) is 1.73. The topological polar surface area (TPSA) is 52.7 Å². The normalized spacial score (nSPS) is 13.1. The van der Waals surface area contributed by atoms with Crippen LogP contribution < -0.4 is 10.6 Å². The molecule has 4 nitrogen and oxygen atoms in total. The first-order valence-electron chi connectivity index (χ1n) is 5.66. The van der Waals surface area contributed by atoms with E-state index in [1.54, 1.807) is 6.33 Å². The van der Waals surface area contributed by atoms with E-state index < -0.39 is 0 Å². The molecule has 0 bridgehead atoms. The Morgan fingerprint density at radius 1 is 1.44 bits per heavy atom. The number of hydrogen-bond donors (Lipinski definition) is 3. The van der Waals surface area contributed by atoms with E-state index in [4.69, 9.17) is 0 Å². The number of nitrogens with one attached hydrogen (secondary N) is 3. The molecule has 86 valence electrons. The fourth-order valence-corrected chi connectivity index (χ4v) is 1.85.